The third-order valence-electron chi connectivity index (χ3n) is 4.74. The first-order valence-corrected chi connectivity index (χ1v) is 10.1. The predicted octanol–water partition coefficient (Wildman–Crippen LogP) is 2.75. The van der Waals surface area contributed by atoms with Crippen molar-refractivity contribution in [3.8, 4) is 0 Å². The maximum atomic E-state index is 12.8. The van der Waals surface area contributed by atoms with Crippen LogP contribution in [0.5, 0.6) is 0 Å². The highest BCUT2D eigenvalue weighted by atomic mass is 16.6. The van der Waals surface area contributed by atoms with E-state index >= 15 is 0 Å². The topological polar surface area (TPSA) is 102 Å². The minimum atomic E-state index is -0.544. The number of ether oxygens (including phenoxy) is 1. The molecule has 1 aromatic carbocycles. The first-order valence-electron chi connectivity index (χ1n) is 10.1. The molecule has 2 atom stereocenters. The van der Waals surface area contributed by atoms with Gasteiger partial charge in [-0.1, -0.05) is 56.3 Å². The summed E-state index contributed by atoms with van der Waals surface area (Å²) in [5.74, 6) is -0.262. The molecule has 3 N–H and O–H groups in total. The van der Waals surface area contributed by atoms with Crippen molar-refractivity contribution in [1.82, 2.24) is 10.2 Å². The molecule has 2 rings (SSSR count). The fourth-order valence-corrected chi connectivity index (χ4v) is 3.38. The summed E-state index contributed by atoms with van der Waals surface area (Å²) in [5, 5.41) is 3.00. The molecule has 0 bridgehead atoms. The lowest BCUT2D eigenvalue weighted by molar-refractivity contribution is -0.125. The van der Waals surface area contributed by atoms with Crippen molar-refractivity contribution in [3.63, 3.8) is 0 Å². The van der Waals surface area contributed by atoms with Crippen molar-refractivity contribution in [2.24, 2.45) is 11.7 Å². The number of carbonyl (C=O) groups is 3. The van der Waals surface area contributed by atoms with Crippen LogP contribution in [0.3, 0.4) is 0 Å². The van der Waals surface area contributed by atoms with Gasteiger partial charge in [0.1, 0.15) is 12.6 Å². The van der Waals surface area contributed by atoms with Gasteiger partial charge < -0.3 is 15.8 Å². The summed E-state index contributed by atoms with van der Waals surface area (Å²) in [7, 11) is 0. The lowest BCUT2D eigenvalue weighted by atomic mass is 10.0. The quantitative estimate of drug-likeness (QED) is 0.621. The van der Waals surface area contributed by atoms with Gasteiger partial charge >= 0.3 is 6.09 Å². The number of nitrogens with zero attached hydrogens (tertiary/aromatic N) is 1. The number of hydrogen-bond donors (Lipinski definition) is 2. The Bertz CT molecular complexity index is 718. The second-order valence-corrected chi connectivity index (χ2v) is 7.73. The van der Waals surface area contributed by atoms with Crippen LogP contribution in [0.2, 0.25) is 0 Å². The highest BCUT2D eigenvalue weighted by molar-refractivity contribution is 5.86. The standard InChI is InChI=1S/C22H31N3O4/c1-16(2)14-18(10-6-12-20(23)26)24-21(27)19-11-7-13-25(19)22(28)29-15-17-8-4-3-5-9-17/h3-6,8-10,16,18-19H,7,11-15H2,1-2H3,(H2,23,26)(H,24,27)/b10-6+. The molecule has 0 radical (unpaired) electrons. The molecular weight excluding hydrogens is 370 g/mol. The molecule has 1 aromatic rings. The Morgan fingerprint density at radius 1 is 1.28 bits per heavy atom. The van der Waals surface area contributed by atoms with Gasteiger partial charge in [-0.3, -0.25) is 14.5 Å². The van der Waals surface area contributed by atoms with E-state index in [0.29, 0.717) is 18.9 Å². The van der Waals surface area contributed by atoms with E-state index in [1.54, 1.807) is 12.2 Å². The van der Waals surface area contributed by atoms with Crippen LogP contribution in [-0.4, -0.2) is 41.4 Å². The van der Waals surface area contributed by atoms with Gasteiger partial charge in [0.25, 0.3) is 0 Å². The van der Waals surface area contributed by atoms with Crippen molar-refractivity contribution in [2.45, 2.75) is 58.2 Å². The number of benzene rings is 1. The molecule has 7 heteroatoms. The largest absolute Gasteiger partial charge is 0.445 e. The predicted molar refractivity (Wildman–Crippen MR) is 111 cm³/mol. The normalized spacial score (nSPS) is 17.5. The highest BCUT2D eigenvalue weighted by Gasteiger charge is 2.35. The molecule has 1 heterocycles. The summed E-state index contributed by atoms with van der Waals surface area (Å²) in [6.07, 6.45) is 5.22. The summed E-state index contributed by atoms with van der Waals surface area (Å²) in [4.78, 5) is 37.8. The Balaban J connectivity index is 1.94. The van der Waals surface area contributed by atoms with Gasteiger partial charge in [0.05, 0.1) is 0 Å². The number of hydrogen-bond acceptors (Lipinski definition) is 4. The molecule has 2 unspecified atom stereocenters. The molecule has 0 spiro atoms. The molecule has 1 fully saturated rings. The zero-order valence-corrected chi connectivity index (χ0v) is 17.2. The third-order valence-corrected chi connectivity index (χ3v) is 4.74. The zero-order chi connectivity index (χ0) is 21.2. The van der Waals surface area contributed by atoms with E-state index in [2.05, 4.69) is 19.2 Å². The zero-order valence-electron chi connectivity index (χ0n) is 17.2. The van der Waals surface area contributed by atoms with Crippen molar-refractivity contribution in [2.75, 3.05) is 6.54 Å². The SMILES string of the molecule is CC(C)CC(/C=C/CC(N)=O)NC(=O)C1CCCN1C(=O)OCc1ccccc1. The molecule has 3 amide bonds. The van der Waals surface area contributed by atoms with Gasteiger partial charge in [0.15, 0.2) is 0 Å². The number of nitrogens with one attached hydrogen (secondary N) is 1. The van der Waals surface area contributed by atoms with E-state index < -0.39 is 18.0 Å². The monoisotopic (exact) mass is 401 g/mol. The smallest absolute Gasteiger partial charge is 0.410 e. The number of carbonyl (C=O) groups excluding carboxylic acids is 3. The van der Waals surface area contributed by atoms with E-state index in [9.17, 15) is 14.4 Å². The Morgan fingerprint density at radius 2 is 2.00 bits per heavy atom. The van der Waals surface area contributed by atoms with Gasteiger partial charge in [-0.05, 0) is 30.7 Å². The fourth-order valence-electron chi connectivity index (χ4n) is 3.38. The molecule has 1 aliphatic rings. The Labute approximate surface area is 172 Å². The average Bonchev–Trinajstić information content (AvgIpc) is 3.16. The van der Waals surface area contributed by atoms with Crippen LogP contribution in [0.15, 0.2) is 42.5 Å². The average molecular weight is 402 g/mol. The van der Waals surface area contributed by atoms with E-state index in [0.717, 1.165) is 18.4 Å². The van der Waals surface area contributed by atoms with Crippen molar-refractivity contribution in [1.29, 1.82) is 0 Å². The third kappa shape index (κ3) is 7.60. The fraction of sp³-hybridized carbons (Fsp3) is 0.500. The second-order valence-electron chi connectivity index (χ2n) is 7.73. The van der Waals surface area contributed by atoms with E-state index in [-0.39, 0.29) is 25.0 Å². The van der Waals surface area contributed by atoms with Crippen LogP contribution < -0.4 is 11.1 Å². The van der Waals surface area contributed by atoms with Crippen LogP contribution in [0.1, 0.15) is 45.1 Å². The summed E-state index contributed by atoms with van der Waals surface area (Å²) in [5.41, 5.74) is 6.07. The molecule has 0 aliphatic carbocycles. The number of primary amides is 1. The summed E-state index contributed by atoms with van der Waals surface area (Å²) >= 11 is 0. The molecule has 7 nitrogen and oxygen atoms in total. The Kier molecular flexibility index (Phi) is 8.70. The van der Waals surface area contributed by atoms with E-state index in [1.165, 1.54) is 4.90 Å². The van der Waals surface area contributed by atoms with Crippen molar-refractivity contribution >= 4 is 17.9 Å². The Morgan fingerprint density at radius 3 is 2.66 bits per heavy atom. The second kappa shape index (κ2) is 11.2. The summed E-state index contributed by atoms with van der Waals surface area (Å²) in [6.45, 7) is 4.79. The van der Waals surface area contributed by atoms with Crippen LogP contribution in [0, 0.1) is 5.92 Å². The minimum Gasteiger partial charge on any atom is -0.445 e. The summed E-state index contributed by atoms with van der Waals surface area (Å²) < 4.78 is 5.39. The van der Waals surface area contributed by atoms with Gasteiger partial charge in [-0.2, -0.15) is 0 Å². The van der Waals surface area contributed by atoms with Gasteiger partial charge in [0, 0.05) is 19.0 Å². The van der Waals surface area contributed by atoms with Crippen LogP contribution in [0.4, 0.5) is 4.79 Å². The van der Waals surface area contributed by atoms with Crippen LogP contribution >= 0.6 is 0 Å². The van der Waals surface area contributed by atoms with Gasteiger partial charge in [-0.25, -0.2) is 4.79 Å². The molecule has 158 valence electrons. The van der Waals surface area contributed by atoms with Crippen molar-refractivity contribution < 1.29 is 19.1 Å². The van der Waals surface area contributed by atoms with Gasteiger partial charge in [-0.15, -0.1) is 0 Å². The van der Waals surface area contributed by atoms with Crippen LogP contribution in [-0.2, 0) is 20.9 Å². The first-order chi connectivity index (χ1) is 13.9. The minimum absolute atomic E-state index is 0.131. The number of rotatable bonds is 9. The molecule has 29 heavy (non-hydrogen) atoms. The number of amides is 3. The molecule has 1 saturated heterocycles. The van der Waals surface area contributed by atoms with Gasteiger partial charge in [0.2, 0.25) is 11.8 Å². The first kappa shape index (κ1) is 22.5. The summed E-state index contributed by atoms with van der Waals surface area (Å²) in [6, 6.07) is 8.68. The molecular formula is C22H31N3O4. The van der Waals surface area contributed by atoms with E-state index in [1.807, 2.05) is 30.3 Å². The lowest BCUT2D eigenvalue weighted by Crippen LogP contribution is -2.48. The van der Waals surface area contributed by atoms with Crippen LogP contribution in [0.25, 0.3) is 0 Å². The van der Waals surface area contributed by atoms with Crippen molar-refractivity contribution in [3.05, 3.63) is 48.0 Å². The maximum Gasteiger partial charge on any atom is 0.410 e. The molecule has 0 saturated carbocycles. The number of nitrogens with two attached hydrogens (primary N) is 1. The van der Waals surface area contributed by atoms with E-state index in [4.69, 9.17) is 10.5 Å². The Hall–Kier alpha value is -2.83. The molecule has 1 aliphatic heterocycles. The molecule has 0 aromatic heterocycles. The number of likely N-dealkylation sites (tertiary alicyclic amines) is 1. The maximum absolute atomic E-state index is 12.8. The lowest BCUT2D eigenvalue weighted by Gasteiger charge is -2.26. The highest BCUT2D eigenvalue weighted by Crippen LogP contribution is 2.20.